The number of unbranched alkanes of at least 4 members (excludes halogenated alkanes) is 2. The van der Waals surface area contributed by atoms with E-state index < -0.39 is 22.0 Å². The number of carbonyl (C=O) groups is 2. The molecule has 0 spiro atoms. The zero-order valence-electron chi connectivity index (χ0n) is 25.5. The third-order valence-electron chi connectivity index (χ3n) is 7.34. The highest BCUT2D eigenvalue weighted by atomic mass is 32.2. The molecule has 0 aliphatic heterocycles. The van der Waals surface area contributed by atoms with E-state index in [9.17, 15) is 18.0 Å². The van der Waals surface area contributed by atoms with E-state index in [1.54, 1.807) is 13.1 Å². The van der Waals surface area contributed by atoms with Crippen molar-refractivity contribution in [1.82, 2.24) is 9.71 Å². The number of sulfonamides is 1. The maximum Gasteiger partial charge on any atom is 0.242 e. The highest BCUT2D eigenvalue weighted by Gasteiger charge is 2.31. The van der Waals surface area contributed by atoms with Crippen LogP contribution in [0.4, 0.5) is 5.69 Å². The van der Waals surface area contributed by atoms with Gasteiger partial charge in [0.05, 0.1) is 22.3 Å². The Morgan fingerprint density at radius 3 is 2.07 bits per heavy atom. The first kappa shape index (κ1) is 32.4. The zero-order chi connectivity index (χ0) is 30.3. The minimum Gasteiger partial charge on any atom is -0.323 e. The van der Waals surface area contributed by atoms with Crippen molar-refractivity contribution < 1.29 is 18.0 Å². The second-order valence-electron chi connectivity index (χ2n) is 11.9. The van der Waals surface area contributed by atoms with Crippen LogP contribution in [-0.2, 0) is 19.6 Å². The van der Waals surface area contributed by atoms with Crippen molar-refractivity contribution in [3.63, 3.8) is 0 Å². The predicted octanol–water partition coefficient (Wildman–Crippen LogP) is 7.43. The number of hydrogen-bond acceptors (Lipinski definition) is 5. The number of benzene rings is 2. The number of pyridine rings is 1. The Labute approximate surface area is 245 Å². The molecule has 2 N–H and O–H groups in total. The number of nitrogens with zero attached hydrogens (tertiary/aromatic N) is 1. The molecule has 1 aromatic heterocycles. The van der Waals surface area contributed by atoms with Crippen LogP contribution in [0.5, 0.6) is 0 Å². The van der Waals surface area contributed by atoms with Gasteiger partial charge in [0, 0.05) is 11.8 Å². The average Bonchev–Trinajstić information content (AvgIpc) is 2.90. The molecule has 0 fully saturated rings. The fourth-order valence-electron chi connectivity index (χ4n) is 4.96. The molecular formula is C33H45N3O4S. The van der Waals surface area contributed by atoms with E-state index in [1.165, 1.54) is 0 Å². The van der Waals surface area contributed by atoms with Gasteiger partial charge in [0.25, 0.3) is 0 Å². The SMILES string of the molecule is CC(=O)CCCCC[C@H](NS(=O)(=O)c1c(C(C)C)cc(C(C)C)cc1C(C)C)C(=O)Nc1cnc2ccccc2c1. The maximum absolute atomic E-state index is 14.1. The number of nitrogens with one attached hydrogen (secondary N) is 2. The first-order valence-electron chi connectivity index (χ1n) is 14.6. The molecule has 3 rings (SSSR count). The lowest BCUT2D eigenvalue weighted by molar-refractivity contribution is -0.118. The summed E-state index contributed by atoms with van der Waals surface area (Å²) in [4.78, 5) is 29.6. The normalized spacial score (nSPS) is 12.8. The third kappa shape index (κ3) is 8.69. The van der Waals surface area contributed by atoms with E-state index in [-0.39, 0.29) is 28.4 Å². The summed E-state index contributed by atoms with van der Waals surface area (Å²) < 4.78 is 31.1. The average molecular weight is 580 g/mol. The minimum absolute atomic E-state index is 0.0275. The summed E-state index contributed by atoms with van der Waals surface area (Å²) in [5.41, 5.74) is 3.92. The highest BCUT2D eigenvalue weighted by molar-refractivity contribution is 7.89. The van der Waals surface area contributed by atoms with Crippen molar-refractivity contribution in [2.75, 3.05) is 5.32 Å². The second kappa shape index (κ2) is 14.2. The summed E-state index contributed by atoms with van der Waals surface area (Å²) in [7, 11) is -4.06. The molecule has 0 bridgehead atoms. The zero-order valence-corrected chi connectivity index (χ0v) is 26.3. The standard InChI is InChI=1S/C33H45N3O4S/c1-21(2)26-18-28(22(3)4)32(29(19-26)23(5)6)41(39,40)36-31(16-10-8-9-13-24(7)37)33(38)35-27-17-25-14-11-12-15-30(25)34-20-27/h11-12,14-15,17-23,31,36H,8-10,13,16H2,1-7H3,(H,35,38)/t31-/m0/s1. The number of carbonyl (C=O) groups excluding carboxylic acids is 2. The van der Waals surface area contributed by atoms with Crippen molar-refractivity contribution >= 4 is 38.3 Å². The molecule has 7 nitrogen and oxygen atoms in total. The van der Waals surface area contributed by atoms with Gasteiger partial charge in [0.15, 0.2) is 0 Å². The summed E-state index contributed by atoms with van der Waals surface area (Å²) in [6.07, 6.45) is 4.39. The quantitative estimate of drug-likeness (QED) is 0.193. The highest BCUT2D eigenvalue weighted by Crippen LogP contribution is 2.35. The molecule has 0 aliphatic rings. The topological polar surface area (TPSA) is 105 Å². The molecule has 1 heterocycles. The Hall–Kier alpha value is -3.10. The third-order valence-corrected chi connectivity index (χ3v) is 8.95. The van der Waals surface area contributed by atoms with Gasteiger partial charge in [0.1, 0.15) is 11.8 Å². The number of anilines is 1. The van der Waals surface area contributed by atoms with Gasteiger partial charge in [-0.1, -0.05) is 84.7 Å². The van der Waals surface area contributed by atoms with E-state index >= 15 is 0 Å². The van der Waals surface area contributed by atoms with Crippen LogP contribution in [0.15, 0.2) is 53.6 Å². The Kier molecular flexibility index (Phi) is 11.2. The molecular weight excluding hydrogens is 534 g/mol. The van der Waals surface area contributed by atoms with Gasteiger partial charge in [-0.2, -0.15) is 4.72 Å². The number of Topliss-reactive ketones (excluding diaryl/α,β-unsaturated/α-hetero) is 1. The van der Waals surface area contributed by atoms with Gasteiger partial charge in [-0.15, -0.1) is 0 Å². The van der Waals surface area contributed by atoms with Crippen LogP contribution < -0.4 is 10.0 Å². The van der Waals surface area contributed by atoms with Gasteiger partial charge in [0.2, 0.25) is 15.9 Å². The number of rotatable bonds is 14. The molecule has 0 saturated carbocycles. The Balaban J connectivity index is 1.96. The number of para-hydroxylation sites is 1. The van der Waals surface area contributed by atoms with Gasteiger partial charge in [-0.05, 0) is 66.3 Å². The predicted molar refractivity (Wildman–Crippen MR) is 167 cm³/mol. The summed E-state index contributed by atoms with van der Waals surface area (Å²) in [5, 5.41) is 3.76. The van der Waals surface area contributed by atoms with Crippen molar-refractivity contribution in [2.45, 2.75) is 109 Å². The Morgan fingerprint density at radius 1 is 0.854 bits per heavy atom. The molecule has 41 heavy (non-hydrogen) atoms. The van der Waals surface area contributed by atoms with Gasteiger partial charge in [-0.3, -0.25) is 9.78 Å². The summed E-state index contributed by atoms with van der Waals surface area (Å²) in [5.74, 6) is -0.122. The number of amides is 1. The van der Waals surface area contributed by atoms with Crippen LogP contribution in [0.25, 0.3) is 10.9 Å². The van der Waals surface area contributed by atoms with Crippen LogP contribution in [0.2, 0.25) is 0 Å². The van der Waals surface area contributed by atoms with Gasteiger partial charge in [-0.25, -0.2) is 8.42 Å². The van der Waals surface area contributed by atoms with Crippen LogP contribution in [0, 0.1) is 0 Å². The summed E-state index contributed by atoms with van der Waals surface area (Å²) in [6, 6.07) is 12.4. The van der Waals surface area contributed by atoms with E-state index in [2.05, 4.69) is 28.9 Å². The van der Waals surface area contributed by atoms with Crippen molar-refractivity contribution in [1.29, 1.82) is 0 Å². The van der Waals surface area contributed by atoms with Gasteiger partial charge >= 0.3 is 0 Å². The first-order chi connectivity index (χ1) is 19.3. The van der Waals surface area contributed by atoms with E-state index in [1.807, 2.05) is 70.2 Å². The van der Waals surface area contributed by atoms with Crippen LogP contribution in [0.1, 0.15) is 115 Å². The lowest BCUT2D eigenvalue weighted by Crippen LogP contribution is -2.44. The molecule has 2 aromatic carbocycles. The van der Waals surface area contributed by atoms with E-state index in [0.717, 1.165) is 34.0 Å². The Bertz CT molecular complexity index is 1450. The monoisotopic (exact) mass is 579 g/mol. The maximum atomic E-state index is 14.1. The molecule has 0 unspecified atom stereocenters. The number of fused-ring (bicyclic) bond motifs is 1. The van der Waals surface area contributed by atoms with Crippen molar-refractivity contribution in [3.8, 4) is 0 Å². The van der Waals surface area contributed by atoms with E-state index in [4.69, 9.17) is 0 Å². The molecule has 8 heteroatoms. The van der Waals surface area contributed by atoms with Crippen LogP contribution >= 0.6 is 0 Å². The fraction of sp³-hybridized carbons (Fsp3) is 0.485. The van der Waals surface area contributed by atoms with Crippen LogP contribution in [-0.4, -0.2) is 31.1 Å². The smallest absolute Gasteiger partial charge is 0.242 e. The summed E-state index contributed by atoms with van der Waals surface area (Å²) >= 11 is 0. The number of hydrogen-bond donors (Lipinski definition) is 2. The Morgan fingerprint density at radius 2 is 1.49 bits per heavy atom. The molecule has 0 radical (unpaired) electrons. The molecule has 3 aromatic rings. The molecule has 1 atom stereocenters. The van der Waals surface area contributed by atoms with E-state index in [0.29, 0.717) is 31.4 Å². The number of aromatic nitrogens is 1. The number of ketones is 1. The summed E-state index contributed by atoms with van der Waals surface area (Å²) in [6.45, 7) is 13.7. The lowest BCUT2D eigenvalue weighted by atomic mass is 9.89. The molecule has 0 saturated heterocycles. The van der Waals surface area contributed by atoms with Crippen LogP contribution in [0.3, 0.4) is 0 Å². The lowest BCUT2D eigenvalue weighted by Gasteiger charge is -2.25. The molecule has 1 amide bonds. The minimum atomic E-state index is -4.06. The fourth-order valence-corrected chi connectivity index (χ4v) is 6.88. The largest absolute Gasteiger partial charge is 0.323 e. The van der Waals surface area contributed by atoms with Crippen molar-refractivity contribution in [2.24, 2.45) is 0 Å². The van der Waals surface area contributed by atoms with Gasteiger partial charge < -0.3 is 10.1 Å². The first-order valence-corrected chi connectivity index (χ1v) is 16.1. The molecule has 0 aliphatic carbocycles. The van der Waals surface area contributed by atoms with Crippen molar-refractivity contribution in [3.05, 3.63) is 65.4 Å². The second-order valence-corrected chi connectivity index (χ2v) is 13.5. The molecule has 222 valence electrons.